The average molecular weight is 255 g/mol. The Kier molecular flexibility index (Phi) is 36.2. The van der Waals surface area contributed by atoms with E-state index in [1.165, 1.54) is 11.1 Å². The highest BCUT2D eigenvalue weighted by molar-refractivity contribution is 5.28. The van der Waals surface area contributed by atoms with Gasteiger partial charge in [0.15, 0.2) is 0 Å². The minimum Gasteiger partial charge on any atom is -0.103 e. The monoisotopic (exact) mass is 254 g/mol. The van der Waals surface area contributed by atoms with Gasteiger partial charge in [-0.05, 0) is 38.7 Å². The van der Waals surface area contributed by atoms with E-state index in [-0.39, 0.29) is 0 Å². The minimum atomic E-state index is 0.667. The van der Waals surface area contributed by atoms with E-state index in [2.05, 4.69) is 53.3 Å². The van der Waals surface area contributed by atoms with Crippen LogP contribution in [0.25, 0.3) is 0 Å². The van der Waals surface area contributed by atoms with E-state index in [9.17, 15) is 0 Å². The predicted molar refractivity (Wildman–Crippen MR) is 91.2 cm³/mol. The van der Waals surface area contributed by atoms with E-state index < -0.39 is 0 Å². The third-order valence-electron chi connectivity index (χ3n) is 1.85. The van der Waals surface area contributed by atoms with Crippen molar-refractivity contribution in [2.75, 3.05) is 0 Å². The lowest BCUT2D eigenvalue weighted by atomic mass is 10.0. The maximum atomic E-state index is 3.36. The smallest absolute Gasteiger partial charge is 0.0285 e. The maximum Gasteiger partial charge on any atom is -0.0285 e. The Morgan fingerprint density at radius 3 is 1.56 bits per heavy atom. The fraction of sp³-hybridized carbons (Fsp3) is 0.667. The van der Waals surface area contributed by atoms with E-state index in [4.69, 9.17) is 0 Å². The summed E-state index contributed by atoms with van der Waals surface area (Å²) in [6.45, 7) is 24.2. The molecule has 0 N–H and O–H groups in total. The van der Waals surface area contributed by atoms with Crippen molar-refractivity contribution in [3.8, 4) is 0 Å². The van der Waals surface area contributed by atoms with Crippen LogP contribution in [0.5, 0.6) is 0 Å². The SMILES string of the molecule is C/C=C(C)\C(=C/C(C)C)CC.C=CC.CC.CC. The zero-order valence-electron chi connectivity index (χ0n) is 14.7. The normalized spacial score (nSPS) is 10.2. The molecule has 0 spiro atoms. The molecule has 0 nitrogen and oxygen atoms in total. The fourth-order valence-corrected chi connectivity index (χ4v) is 1.12. The Morgan fingerprint density at radius 1 is 1.06 bits per heavy atom. The largest absolute Gasteiger partial charge is 0.103 e. The van der Waals surface area contributed by atoms with E-state index >= 15 is 0 Å². The van der Waals surface area contributed by atoms with Crippen LogP contribution in [0.1, 0.15) is 75.7 Å². The molecule has 0 atom stereocenters. The minimum absolute atomic E-state index is 0.667. The quantitative estimate of drug-likeness (QED) is 0.369. The summed E-state index contributed by atoms with van der Waals surface area (Å²) in [7, 11) is 0. The molecular formula is C18H38. The summed E-state index contributed by atoms with van der Waals surface area (Å²) in [6, 6.07) is 0. The highest BCUT2D eigenvalue weighted by Gasteiger charge is 1.96. The van der Waals surface area contributed by atoms with Crippen molar-refractivity contribution in [1.82, 2.24) is 0 Å². The van der Waals surface area contributed by atoms with Gasteiger partial charge < -0.3 is 0 Å². The Hall–Kier alpha value is -0.780. The lowest BCUT2D eigenvalue weighted by molar-refractivity contribution is 0.815. The summed E-state index contributed by atoms with van der Waals surface area (Å²) in [5, 5.41) is 0. The maximum absolute atomic E-state index is 3.36. The molecule has 0 heterocycles. The van der Waals surface area contributed by atoms with Crippen molar-refractivity contribution < 1.29 is 0 Å². The van der Waals surface area contributed by atoms with Crippen molar-refractivity contribution in [3.63, 3.8) is 0 Å². The summed E-state index contributed by atoms with van der Waals surface area (Å²) in [5.74, 6) is 0.667. The van der Waals surface area contributed by atoms with Gasteiger partial charge in [-0.15, -0.1) is 6.58 Å². The highest BCUT2D eigenvalue weighted by Crippen LogP contribution is 2.15. The first-order valence-corrected chi connectivity index (χ1v) is 7.44. The van der Waals surface area contributed by atoms with Crippen LogP contribution >= 0.6 is 0 Å². The van der Waals surface area contributed by atoms with Crippen LogP contribution in [0.3, 0.4) is 0 Å². The molecular weight excluding hydrogens is 216 g/mol. The number of hydrogen-bond acceptors (Lipinski definition) is 0. The van der Waals surface area contributed by atoms with Gasteiger partial charge in [0.1, 0.15) is 0 Å². The van der Waals surface area contributed by atoms with Crippen molar-refractivity contribution in [2.24, 2.45) is 5.92 Å². The Labute approximate surface area is 118 Å². The van der Waals surface area contributed by atoms with Crippen molar-refractivity contribution in [3.05, 3.63) is 36.0 Å². The molecule has 0 saturated carbocycles. The molecule has 0 heteroatoms. The van der Waals surface area contributed by atoms with Gasteiger partial charge >= 0.3 is 0 Å². The molecule has 0 aromatic carbocycles. The van der Waals surface area contributed by atoms with Gasteiger partial charge in [-0.2, -0.15) is 0 Å². The second-order valence-corrected chi connectivity index (χ2v) is 3.67. The van der Waals surface area contributed by atoms with Crippen LogP contribution in [0, 0.1) is 5.92 Å². The third kappa shape index (κ3) is 24.4. The molecule has 0 aliphatic rings. The molecule has 110 valence electrons. The molecule has 0 amide bonds. The summed E-state index contributed by atoms with van der Waals surface area (Å²) in [5.41, 5.74) is 2.91. The van der Waals surface area contributed by atoms with Crippen LogP contribution in [-0.2, 0) is 0 Å². The molecule has 18 heavy (non-hydrogen) atoms. The van der Waals surface area contributed by atoms with Crippen LogP contribution in [0.2, 0.25) is 0 Å². The molecule has 0 bridgehead atoms. The van der Waals surface area contributed by atoms with Crippen molar-refractivity contribution >= 4 is 0 Å². The third-order valence-corrected chi connectivity index (χ3v) is 1.85. The number of rotatable bonds is 3. The molecule has 0 fully saturated rings. The Morgan fingerprint density at radius 2 is 1.39 bits per heavy atom. The zero-order chi connectivity index (χ0) is 15.6. The molecule has 0 unspecified atom stereocenters. The molecule has 0 aliphatic heterocycles. The second kappa shape index (κ2) is 25.2. The molecule has 0 saturated heterocycles. The predicted octanol–water partition coefficient (Wildman–Crippen LogP) is 7.19. The second-order valence-electron chi connectivity index (χ2n) is 3.67. The van der Waals surface area contributed by atoms with Crippen LogP contribution < -0.4 is 0 Å². The van der Waals surface area contributed by atoms with Gasteiger partial charge in [0.25, 0.3) is 0 Å². The summed E-state index contributed by atoms with van der Waals surface area (Å²) >= 11 is 0. The number of hydrogen-bond donors (Lipinski definition) is 0. The van der Waals surface area contributed by atoms with Crippen molar-refractivity contribution in [1.29, 1.82) is 0 Å². The standard InChI is InChI=1S/C11H20.C3H6.2C2H6/c1-6-10(5)11(7-2)8-9(3)4;1-3-2;2*1-2/h6,8-9H,7H2,1-5H3;3H,1H2,2H3;2*1-2H3/b10-6-,11-8-;;;. The van der Waals surface area contributed by atoms with Crippen LogP contribution in [-0.4, -0.2) is 0 Å². The van der Waals surface area contributed by atoms with Crippen LogP contribution in [0.15, 0.2) is 36.0 Å². The lowest BCUT2D eigenvalue weighted by Crippen LogP contribution is -1.88. The molecule has 0 rings (SSSR count). The van der Waals surface area contributed by atoms with Gasteiger partial charge in [0, 0.05) is 0 Å². The first-order chi connectivity index (χ1) is 8.53. The number of allylic oxidation sites excluding steroid dienone is 5. The van der Waals surface area contributed by atoms with Gasteiger partial charge in [-0.25, -0.2) is 0 Å². The molecule has 0 aromatic rings. The van der Waals surface area contributed by atoms with Gasteiger partial charge in [0.2, 0.25) is 0 Å². The topological polar surface area (TPSA) is 0 Å². The summed E-state index contributed by atoms with van der Waals surface area (Å²) in [6.07, 6.45) is 7.42. The average Bonchev–Trinajstić information content (AvgIpc) is 2.40. The molecule has 0 radical (unpaired) electrons. The molecule has 0 aliphatic carbocycles. The van der Waals surface area contributed by atoms with Gasteiger partial charge in [0.05, 0.1) is 0 Å². The van der Waals surface area contributed by atoms with Crippen LogP contribution in [0.4, 0.5) is 0 Å². The summed E-state index contributed by atoms with van der Waals surface area (Å²) in [4.78, 5) is 0. The first kappa shape index (κ1) is 25.9. The Bertz CT molecular complexity index is 192. The first-order valence-electron chi connectivity index (χ1n) is 7.44. The van der Waals surface area contributed by atoms with Gasteiger partial charge in [-0.1, -0.05) is 72.3 Å². The zero-order valence-corrected chi connectivity index (χ0v) is 14.7. The van der Waals surface area contributed by atoms with Gasteiger partial charge in [-0.3, -0.25) is 0 Å². The lowest BCUT2D eigenvalue weighted by Gasteiger charge is -2.06. The van der Waals surface area contributed by atoms with E-state index in [0.717, 1.165) is 6.42 Å². The van der Waals surface area contributed by atoms with Crippen molar-refractivity contribution in [2.45, 2.75) is 75.7 Å². The van der Waals surface area contributed by atoms with E-state index in [1.807, 2.05) is 34.6 Å². The van der Waals surface area contributed by atoms with E-state index in [1.54, 1.807) is 6.08 Å². The molecule has 0 aromatic heterocycles. The Balaban J connectivity index is -0.000000118. The highest BCUT2D eigenvalue weighted by atomic mass is 14.0. The van der Waals surface area contributed by atoms with E-state index in [0.29, 0.717) is 5.92 Å². The fourth-order valence-electron chi connectivity index (χ4n) is 1.12. The summed E-state index contributed by atoms with van der Waals surface area (Å²) < 4.78 is 0.